The summed E-state index contributed by atoms with van der Waals surface area (Å²) < 4.78 is 27.7. The molecular formula is C26H22F2N2O4. The number of carbonyl (C=O) groups excluding carboxylic acids is 2. The van der Waals surface area contributed by atoms with Gasteiger partial charge >= 0.3 is 5.97 Å². The summed E-state index contributed by atoms with van der Waals surface area (Å²) in [4.78, 5) is 38.3. The monoisotopic (exact) mass is 464 g/mol. The largest absolute Gasteiger partial charge is 0.480 e. The van der Waals surface area contributed by atoms with Crippen molar-refractivity contribution in [3.05, 3.63) is 89.0 Å². The SMILES string of the molecule is CC(C)C(C(=O)O)N1Cc2ccc(-c3ccc(NC(=O)c4c(F)cccc4F)cc3)cc2C1=O. The van der Waals surface area contributed by atoms with Crippen molar-refractivity contribution < 1.29 is 28.3 Å². The predicted molar refractivity (Wildman–Crippen MR) is 122 cm³/mol. The van der Waals surface area contributed by atoms with Gasteiger partial charge in [0, 0.05) is 17.8 Å². The molecule has 1 unspecified atom stereocenters. The summed E-state index contributed by atoms with van der Waals surface area (Å²) >= 11 is 0. The van der Waals surface area contributed by atoms with Crippen LogP contribution in [0.4, 0.5) is 14.5 Å². The van der Waals surface area contributed by atoms with E-state index >= 15 is 0 Å². The number of carbonyl (C=O) groups is 3. The average molecular weight is 464 g/mol. The third-order valence-corrected chi connectivity index (χ3v) is 5.83. The summed E-state index contributed by atoms with van der Waals surface area (Å²) in [6.45, 7) is 3.77. The lowest BCUT2D eigenvalue weighted by Gasteiger charge is -2.27. The van der Waals surface area contributed by atoms with Crippen LogP contribution in [0.15, 0.2) is 60.7 Å². The Bertz CT molecular complexity index is 1270. The number of fused-ring (bicyclic) bond motifs is 1. The van der Waals surface area contributed by atoms with Crippen LogP contribution in [0.5, 0.6) is 0 Å². The van der Waals surface area contributed by atoms with Crippen LogP contribution in [0.3, 0.4) is 0 Å². The summed E-state index contributed by atoms with van der Waals surface area (Å²) in [5, 5.41) is 12.0. The van der Waals surface area contributed by atoms with Crippen molar-refractivity contribution >= 4 is 23.5 Å². The first-order valence-corrected chi connectivity index (χ1v) is 10.7. The number of rotatable bonds is 6. The highest BCUT2D eigenvalue weighted by Gasteiger charge is 2.38. The molecule has 3 aromatic carbocycles. The zero-order valence-corrected chi connectivity index (χ0v) is 18.5. The fourth-order valence-electron chi connectivity index (χ4n) is 4.16. The zero-order valence-electron chi connectivity index (χ0n) is 18.5. The number of nitrogens with one attached hydrogen (secondary N) is 1. The number of nitrogens with zero attached hydrogens (tertiary/aromatic N) is 1. The van der Waals surface area contributed by atoms with Crippen molar-refractivity contribution in [1.82, 2.24) is 4.90 Å². The van der Waals surface area contributed by atoms with E-state index in [2.05, 4.69) is 5.32 Å². The summed E-state index contributed by atoms with van der Waals surface area (Å²) in [5.41, 5.74) is 2.40. The van der Waals surface area contributed by atoms with E-state index in [9.17, 15) is 28.3 Å². The van der Waals surface area contributed by atoms with E-state index in [0.29, 0.717) is 11.3 Å². The van der Waals surface area contributed by atoms with Crippen molar-refractivity contribution in [1.29, 1.82) is 0 Å². The second-order valence-corrected chi connectivity index (χ2v) is 8.46. The summed E-state index contributed by atoms with van der Waals surface area (Å²) in [7, 11) is 0. The Morgan fingerprint density at radius 2 is 1.59 bits per heavy atom. The van der Waals surface area contributed by atoms with E-state index in [0.717, 1.165) is 28.8 Å². The molecule has 0 fully saturated rings. The fourth-order valence-corrected chi connectivity index (χ4v) is 4.16. The molecule has 8 heteroatoms. The van der Waals surface area contributed by atoms with Gasteiger partial charge < -0.3 is 15.3 Å². The van der Waals surface area contributed by atoms with Crippen molar-refractivity contribution in [2.75, 3.05) is 5.32 Å². The molecule has 34 heavy (non-hydrogen) atoms. The number of halogens is 2. The molecule has 1 heterocycles. The number of hydrogen-bond acceptors (Lipinski definition) is 3. The molecule has 174 valence electrons. The minimum absolute atomic E-state index is 0.237. The number of aliphatic carboxylic acids is 1. The number of hydrogen-bond donors (Lipinski definition) is 2. The van der Waals surface area contributed by atoms with Crippen LogP contribution in [0, 0.1) is 17.6 Å². The number of carboxylic acid groups (broad SMARTS) is 1. The van der Waals surface area contributed by atoms with Crippen LogP contribution in [0.25, 0.3) is 11.1 Å². The van der Waals surface area contributed by atoms with E-state index in [1.807, 2.05) is 6.07 Å². The molecule has 2 N–H and O–H groups in total. The number of carboxylic acids is 1. The molecule has 1 aliphatic heterocycles. The molecule has 1 aliphatic rings. The maximum absolute atomic E-state index is 13.8. The van der Waals surface area contributed by atoms with E-state index in [1.54, 1.807) is 50.2 Å². The van der Waals surface area contributed by atoms with Gasteiger partial charge in [0.1, 0.15) is 23.2 Å². The molecule has 0 saturated heterocycles. The Morgan fingerprint density at radius 3 is 2.18 bits per heavy atom. The molecule has 0 saturated carbocycles. The third kappa shape index (κ3) is 4.26. The maximum Gasteiger partial charge on any atom is 0.326 e. The van der Waals surface area contributed by atoms with Crippen LogP contribution in [-0.2, 0) is 11.3 Å². The minimum Gasteiger partial charge on any atom is -0.480 e. The van der Waals surface area contributed by atoms with Gasteiger partial charge in [0.2, 0.25) is 0 Å². The first-order chi connectivity index (χ1) is 16.2. The highest BCUT2D eigenvalue weighted by atomic mass is 19.1. The second kappa shape index (κ2) is 9.05. The molecule has 0 aliphatic carbocycles. The van der Waals surface area contributed by atoms with Crippen LogP contribution in [-0.4, -0.2) is 33.8 Å². The highest BCUT2D eigenvalue weighted by molar-refractivity contribution is 6.05. The van der Waals surface area contributed by atoms with Gasteiger partial charge in [0.05, 0.1) is 0 Å². The van der Waals surface area contributed by atoms with Gasteiger partial charge in [-0.1, -0.05) is 44.2 Å². The molecular weight excluding hydrogens is 442 g/mol. The Labute approximate surface area is 194 Å². The van der Waals surface area contributed by atoms with Crippen molar-refractivity contribution in [2.45, 2.75) is 26.4 Å². The summed E-state index contributed by atoms with van der Waals surface area (Å²) in [5.74, 6) is -4.40. The normalized spacial score (nSPS) is 13.7. The van der Waals surface area contributed by atoms with Crippen molar-refractivity contribution in [3.8, 4) is 11.1 Å². The Hall–Kier alpha value is -4.07. The first kappa shape index (κ1) is 23.1. The van der Waals surface area contributed by atoms with Crippen molar-refractivity contribution in [2.24, 2.45) is 5.92 Å². The average Bonchev–Trinajstić information content (AvgIpc) is 3.09. The second-order valence-electron chi connectivity index (χ2n) is 8.46. The molecule has 4 rings (SSSR count). The molecule has 2 amide bonds. The van der Waals surface area contributed by atoms with E-state index in [-0.39, 0.29) is 18.4 Å². The Balaban J connectivity index is 1.54. The number of benzene rings is 3. The van der Waals surface area contributed by atoms with E-state index < -0.39 is 35.1 Å². The van der Waals surface area contributed by atoms with Gasteiger partial charge in [-0.2, -0.15) is 0 Å². The smallest absolute Gasteiger partial charge is 0.326 e. The molecule has 3 aromatic rings. The lowest BCUT2D eigenvalue weighted by Crippen LogP contribution is -2.44. The van der Waals surface area contributed by atoms with Crippen LogP contribution >= 0.6 is 0 Å². The van der Waals surface area contributed by atoms with Crippen LogP contribution in [0.1, 0.15) is 40.1 Å². The molecule has 0 radical (unpaired) electrons. The van der Waals surface area contributed by atoms with Gasteiger partial charge in [0.15, 0.2) is 0 Å². The minimum atomic E-state index is -1.04. The fraction of sp³-hybridized carbons (Fsp3) is 0.192. The Morgan fingerprint density at radius 1 is 0.971 bits per heavy atom. The third-order valence-electron chi connectivity index (χ3n) is 5.83. The molecule has 0 spiro atoms. The lowest BCUT2D eigenvalue weighted by atomic mass is 10.00. The zero-order chi connectivity index (χ0) is 24.6. The van der Waals surface area contributed by atoms with Crippen molar-refractivity contribution in [3.63, 3.8) is 0 Å². The highest BCUT2D eigenvalue weighted by Crippen LogP contribution is 2.31. The van der Waals surface area contributed by atoms with Gasteiger partial charge in [-0.3, -0.25) is 9.59 Å². The first-order valence-electron chi connectivity index (χ1n) is 10.7. The molecule has 0 bridgehead atoms. The van der Waals surface area contributed by atoms with E-state index in [4.69, 9.17) is 0 Å². The van der Waals surface area contributed by atoms with Gasteiger partial charge in [-0.25, -0.2) is 13.6 Å². The van der Waals surface area contributed by atoms with Gasteiger partial charge in [-0.15, -0.1) is 0 Å². The Kier molecular flexibility index (Phi) is 6.15. The summed E-state index contributed by atoms with van der Waals surface area (Å²) in [6.07, 6.45) is 0. The topological polar surface area (TPSA) is 86.7 Å². The molecule has 0 aromatic heterocycles. The lowest BCUT2D eigenvalue weighted by molar-refractivity contribution is -0.144. The summed E-state index contributed by atoms with van der Waals surface area (Å²) in [6, 6.07) is 14.3. The van der Waals surface area contributed by atoms with Gasteiger partial charge in [0.25, 0.3) is 11.8 Å². The maximum atomic E-state index is 13.8. The standard InChI is InChI=1S/C26H22F2N2O4/c1-14(2)23(26(33)34)30-13-17-7-6-16(12-19(17)25(30)32)15-8-10-18(11-9-15)29-24(31)22-20(27)4-3-5-21(22)28/h3-12,14,23H,13H2,1-2H3,(H,29,31)(H,33,34). The van der Waals surface area contributed by atoms with E-state index in [1.165, 1.54) is 11.0 Å². The predicted octanol–water partition coefficient (Wildman–Crippen LogP) is 4.95. The molecule has 1 atom stereocenters. The number of amides is 2. The quantitative estimate of drug-likeness (QED) is 0.541. The molecule has 6 nitrogen and oxygen atoms in total. The van der Waals surface area contributed by atoms with Crippen LogP contribution < -0.4 is 5.32 Å². The van der Waals surface area contributed by atoms with Gasteiger partial charge in [-0.05, 0) is 52.9 Å². The van der Waals surface area contributed by atoms with Crippen LogP contribution in [0.2, 0.25) is 0 Å². The number of anilines is 1.